The van der Waals surface area contributed by atoms with Crippen LogP contribution in [0.15, 0.2) is 122 Å². The second kappa shape index (κ2) is 9.26. The van der Waals surface area contributed by atoms with E-state index in [1.165, 1.54) is 0 Å². The van der Waals surface area contributed by atoms with E-state index in [4.69, 9.17) is 9.97 Å². The van der Waals surface area contributed by atoms with Crippen LogP contribution in [-0.2, 0) is 0 Å². The molecule has 6 heterocycles. The Morgan fingerprint density at radius 1 is 0.368 bits per heavy atom. The van der Waals surface area contributed by atoms with Gasteiger partial charge in [0.05, 0.1) is 45.6 Å². The predicted octanol–water partition coefficient (Wildman–Crippen LogP) is 7.79. The highest BCUT2D eigenvalue weighted by atomic mass is 14.8. The van der Waals surface area contributed by atoms with Gasteiger partial charge in [0.25, 0.3) is 0 Å². The Kier molecular flexibility index (Phi) is 5.33. The smallest absolute Gasteiger partial charge is 0.0872 e. The standard InChI is InChI=1S/C32H24N6/c1-6-21(23-14-16-31(35-23)29-10-2-8-27(37-29)25-12-4-18-33-25)20-22(7-1)24-15-17-32(36-24)30-11-3-9-28(38-30)26-13-5-19-34-26/h1-20,33-36H. The molecule has 6 heteroatoms. The van der Waals surface area contributed by atoms with E-state index >= 15 is 0 Å². The van der Waals surface area contributed by atoms with Gasteiger partial charge in [0.15, 0.2) is 0 Å². The fraction of sp³-hybridized carbons (Fsp3) is 0. The molecule has 38 heavy (non-hydrogen) atoms. The van der Waals surface area contributed by atoms with Crippen LogP contribution >= 0.6 is 0 Å². The molecule has 0 radical (unpaired) electrons. The molecule has 0 saturated carbocycles. The summed E-state index contributed by atoms with van der Waals surface area (Å²) >= 11 is 0. The molecule has 6 nitrogen and oxygen atoms in total. The van der Waals surface area contributed by atoms with Crippen molar-refractivity contribution >= 4 is 0 Å². The molecule has 0 spiro atoms. The van der Waals surface area contributed by atoms with Crippen LogP contribution in [0.5, 0.6) is 0 Å². The number of hydrogen-bond donors (Lipinski definition) is 4. The van der Waals surface area contributed by atoms with Crippen molar-refractivity contribution in [2.75, 3.05) is 0 Å². The van der Waals surface area contributed by atoms with Crippen LogP contribution in [0.3, 0.4) is 0 Å². The highest BCUT2D eigenvalue weighted by Crippen LogP contribution is 2.30. The van der Waals surface area contributed by atoms with Gasteiger partial charge in [-0.25, -0.2) is 9.97 Å². The van der Waals surface area contributed by atoms with E-state index in [1.807, 2.05) is 73.1 Å². The number of hydrogen-bond acceptors (Lipinski definition) is 2. The zero-order valence-electron chi connectivity index (χ0n) is 20.4. The second-order valence-electron chi connectivity index (χ2n) is 9.14. The number of rotatable bonds is 6. The zero-order chi connectivity index (χ0) is 25.3. The molecule has 0 aliphatic heterocycles. The molecule has 4 N–H and O–H groups in total. The minimum atomic E-state index is 0.905. The Balaban J connectivity index is 1.16. The number of aromatic nitrogens is 6. The van der Waals surface area contributed by atoms with E-state index < -0.39 is 0 Å². The summed E-state index contributed by atoms with van der Waals surface area (Å²) < 4.78 is 0. The van der Waals surface area contributed by atoms with Crippen molar-refractivity contribution in [1.29, 1.82) is 0 Å². The summed E-state index contributed by atoms with van der Waals surface area (Å²) in [4.78, 5) is 23.2. The third-order valence-electron chi connectivity index (χ3n) is 6.65. The maximum absolute atomic E-state index is 4.84. The lowest BCUT2D eigenvalue weighted by atomic mass is 10.1. The molecule has 0 saturated heterocycles. The van der Waals surface area contributed by atoms with Crippen LogP contribution in [-0.4, -0.2) is 29.9 Å². The van der Waals surface area contributed by atoms with Crippen LogP contribution in [0.2, 0.25) is 0 Å². The zero-order valence-corrected chi connectivity index (χ0v) is 20.4. The number of nitrogens with one attached hydrogen (secondary N) is 4. The highest BCUT2D eigenvalue weighted by molar-refractivity contribution is 5.74. The Morgan fingerprint density at radius 2 is 0.789 bits per heavy atom. The highest BCUT2D eigenvalue weighted by Gasteiger charge is 2.11. The third kappa shape index (κ3) is 4.14. The van der Waals surface area contributed by atoms with Crippen LogP contribution in [0.25, 0.3) is 68.1 Å². The van der Waals surface area contributed by atoms with Gasteiger partial charge in [0.2, 0.25) is 0 Å². The molecule has 1 aromatic carbocycles. The topological polar surface area (TPSA) is 88.9 Å². The fourth-order valence-corrected chi connectivity index (χ4v) is 4.73. The first kappa shape index (κ1) is 21.9. The van der Waals surface area contributed by atoms with E-state index in [2.05, 4.69) is 68.5 Å². The van der Waals surface area contributed by atoms with Gasteiger partial charge in [-0.15, -0.1) is 0 Å². The van der Waals surface area contributed by atoms with Gasteiger partial charge in [-0.2, -0.15) is 0 Å². The molecule has 182 valence electrons. The summed E-state index contributed by atoms with van der Waals surface area (Å²) in [5.74, 6) is 0. The first-order valence-electron chi connectivity index (χ1n) is 12.5. The largest absolute Gasteiger partial charge is 0.360 e. The Morgan fingerprint density at radius 3 is 1.24 bits per heavy atom. The van der Waals surface area contributed by atoms with Gasteiger partial charge < -0.3 is 19.9 Å². The normalized spacial score (nSPS) is 11.2. The molecule has 0 aliphatic carbocycles. The lowest BCUT2D eigenvalue weighted by molar-refractivity contribution is 1.25. The Hall–Kier alpha value is -5.36. The van der Waals surface area contributed by atoms with Gasteiger partial charge in [0, 0.05) is 23.8 Å². The average Bonchev–Trinajstić information content (AvgIpc) is 3.80. The lowest BCUT2D eigenvalue weighted by Crippen LogP contribution is -1.89. The molecule has 0 fully saturated rings. The molecule has 7 rings (SSSR count). The predicted molar refractivity (Wildman–Crippen MR) is 152 cm³/mol. The van der Waals surface area contributed by atoms with E-state index in [-0.39, 0.29) is 0 Å². The van der Waals surface area contributed by atoms with Gasteiger partial charge in [0.1, 0.15) is 0 Å². The van der Waals surface area contributed by atoms with Gasteiger partial charge in [-0.3, -0.25) is 0 Å². The number of pyridine rings is 2. The molecule has 0 amide bonds. The van der Waals surface area contributed by atoms with Gasteiger partial charge in [-0.05, 0) is 90.0 Å². The summed E-state index contributed by atoms with van der Waals surface area (Å²) in [6.07, 6.45) is 3.82. The summed E-state index contributed by atoms with van der Waals surface area (Å²) in [6, 6.07) is 37.0. The maximum atomic E-state index is 4.84. The molecular formula is C32H24N6. The van der Waals surface area contributed by atoms with Gasteiger partial charge >= 0.3 is 0 Å². The number of nitrogens with zero attached hydrogens (tertiary/aromatic N) is 2. The molecule has 7 aromatic rings. The van der Waals surface area contributed by atoms with Crippen LogP contribution in [0, 0.1) is 0 Å². The second-order valence-corrected chi connectivity index (χ2v) is 9.14. The molecular weight excluding hydrogens is 468 g/mol. The monoisotopic (exact) mass is 492 g/mol. The number of aromatic amines is 4. The lowest BCUT2D eigenvalue weighted by Gasteiger charge is -2.05. The first-order chi connectivity index (χ1) is 18.8. The molecule has 0 atom stereocenters. The van der Waals surface area contributed by atoms with E-state index in [0.717, 1.165) is 68.1 Å². The van der Waals surface area contributed by atoms with Gasteiger partial charge in [-0.1, -0.05) is 30.3 Å². The van der Waals surface area contributed by atoms with Crippen molar-refractivity contribution in [1.82, 2.24) is 29.9 Å². The van der Waals surface area contributed by atoms with Crippen LogP contribution in [0.4, 0.5) is 0 Å². The van der Waals surface area contributed by atoms with Crippen molar-refractivity contribution in [3.63, 3.8) is 0 Å². The minimum absolute atomic E-state index is 0.905. The summed E-state index contributed by atoms with van der Waals surface area (Å²) in [5.41, 5.74) is 11.9. The molecule has 0 bridgehead atoms. The Bertz CT molecular complexity index is 1690. The molecule has 0 unspecified atom stereocenters. The quantitative estimate of drug-likeness (QED) is 0.191. The van der Waals surface area contributed by atoms with Crippen molar-refractivity contribution in [3.05, 3.63) is 122 Å². The fourth-order valence-electron chi connectivity index (χ4n) is 4.73. The van der Waals surface area contributed by atoms with Crippen molar-refractivity contribution in [3.8, 4) is 68.1 Å². The minimum Gasteiger partial charge on any atom is -0.360 e. The van der Waals surface area contributed by atoms with Crippen LogP contribution in [0.1, 0.15) is 0 Å². The van der Waals surface area contributed by atoms with Crippen LogP contribution < -0.4 is 0 Å². The van der Waals surface area contributed by atoms with E-state index in [9.17, 15) is 0 Å². The summed E-state index contributed by atoms with van der Waals surface area (Å²) in [6.45, 7) is 0. The van der Waals surface area contributed by atoms with E-state index in [0.29, 0.717) is 0 Å². The van der Waals surface area contributed by atoms with Crippen molar-refractivity contribution in [2.45, 2.75) is 0 Å². The molecule has 6 aromatic heterocycles. The number of benzene rings is 1. The molecule has 0 aliphatic rings. The summed E-state index contributed by atoms with van der Waals surface area (Å²) in [5, 5.41) is 0. The van der Waals surface area contributed by atoms with Crippen molar-refractivity contribution < 1.29 is 0 Å². The van der Waals surface area contributed by atoms with E-state index in [1.54, 1.807) is 0 Å². The Labute approximate surface area is 219 Å². The third-order valence-corrected chi connectivity index (χ3v) is 6.65. The van der Waals surface area contributed by atoms with Crippen molar-refractivity contribution in [2.24, 2.45) is 0 Å². The maximum Gasteiger partial charge on any atom is 0.0872 e. The average molecular weight is 493 g/mol. The SMILES string of the molecule is c1cc(-c2ccc(-c3cccc(-c4ccc[nH]4)n3)[nH]2)cc(-c2ccc(-c3cccc(-c4ccc[nH]4)n3)[nH]2)c1. The number of H-pyrrole nitrogens is 4. The summed E-state index contributed by atoms with van der Waals surface area (Å²) in [7, 11) is 0. The first-order valence-corrected chi connectivity index (χ1v) is 12.5.